The first-order valence-electron chi connectivity index (χ1n) is 7.14. The van der Waals surface area contributed by atoms with Crippen LogP contribution in [0.25, 0.3) is 0 Å². The Hall–Kier alpha value is -0.0800. The van der Waals surface area contributed by atoms with Crippen LogP contribution in [0.5, 0.6) is 0 Å². The summed E-state index contributed by atoms with van der Waals surface area (Å²) in [6, 6.07) is 2.30. The van der Waals surface area contributed by atoms with Crippen molar-refractivity contribution in [2.45, 2.75) is 77.4 Å². The zero-order valence-electron chi connectivity index (χ0n) is 11.6. The normalized spacial score (nSPS) is 20.1. The van der Waals surface area contributed by atoms with Crippen molar-refractivity contribution in [2.75, 3.05) is 13.6 Å². The Bertz CT molecular complexity index is 178. The Morgan fingerprint density at radius 1 is 1.19 bits per heavy atom. The van der Waals surface area contributed by atoms with E-state index in [1.165, 1.54) is 45.1 Å². The third kappa shape index (κ3) is 4.84. The van der Waals surface area contributed by atoms with Crippen molar-refractivity contribution in [3.63, 3.8) is 0 Å². The van der Waals surface area contributed by atoms with E-state index >= 15 is 0 Å². The second-order valence-corrected chi connectivity index (χ2v) is 5.43. The average Bonchev–Trinajstić information content (AvgIpc) is 3.07. The minimum atomic E-state index is 0.725. The largest absolute Gasteiger partial charge is 0.312 e. The van der Waals surface area contributed by atoms with E-state index in [1.807, 2.05) is 0 Å². The van der Waals surface area contributed by atoms with E-state index in [0.29, 0.717) is 0 Å². The average molecular weight is 226 g/mol. The first-order valence-corrected chi connectivity index (χ1v) is 7.14. The molecule has 0 spiro atoms. The monoisotopic (exact) mass is 226 g/mol. The number of hydrogen-bond acceptors (Lipinski definition) is 2. The molecule has 1 saturated carbocycles. The Morgan fingerprint density at radius 3 is 2.31 bits per heavy atom. The van der Waals surface area contributed by atoms with Crippen molar-refractivity contribution in [2.24, 2.45) is 0 Å². The molecule has 2 nitrogen and oxygen atoms in total. The Balaban J connectivity index is 2.32. The molecule has 2 atom stereocenters. The maximum absolute atomic E-state index is 3.68. The lowest BCUT2D eigenvalue weighted by atomic mass is 10.1. The SMILES string of the molecule is CCCC(C)N(C)C(CCC)CNC1CC1. The molecule has 96 valence electrons. The lowest BCUT2D eigenvalue weighted by Crippen LogP contribution is -2.44. The van der Waals surface area contributed by atoms with Crippen molar-refractivity contribution in [1.82, 2.24) is 10.2 Å². The summed E-state index contributed by atoms with van der Waals surface area (Å²) in [7, 11) is 2.30. The maximum Gasteiger partial charge on any atom is 0.0220 e. The molecule has 2 unspecified atom stereocenters. The molecule has 1 N–H and O–H groups in total. The van der Waals surface area contributed by atoms with Gasteiger partial charge >= 0.3 is 0 Å². The van der Waals surface area contributed by atoms with Gasteiger partial charge in [-0.2, -0.15) is 0 Å². The fourth-order valence-electron chi connectivity index (χ4n) is 2.35. The highest BCUT2D eigenvalue weighted by molar-refractivity contribution is 4.84. The van der Waals surface area contributed by atoms with Gasteiger partial charge in [-0.1, -0.05) is 26.7 Å². The molecule has 0 bridgehead atoms. The van der Waals surface area contributed by atoms with Crippen molar-refractivity contribution in [3.8, 4) is 0 Å². The van der Waals surface area contributed by atoms with E-state index in [0.717, 1.165) is 18.1 Å². The van der Waals surface area contributed by atoms with Gasteiger partial charge in [0, 0.05) is 24.7 Å². The number of likely N-dealkylation sites (N-methyl/N-ethyl adjacent to an activating group) is 1. The third-order valence-corrected chi connectivity index (χ3v) is 3.82. The molecule has 0 amide bonds. The second-order valence-electron chi connectivity index (χ2n) is 5.43. The fourth-order valence-corrected chi connectivity index (χ4v) is 2.35. The number of nitrogens with zero attached hydrogens (tertiary/aromatic N) is 1. The highest BCUT2D eigenvalue weighted by atomic mass is 15.2. The molecule has 1 rings (SSSR count). The standard InChI is InChI=1S/C14H30N2/c1-5-7-12(3)16(4)14(8-6-2)11-15-13-9-10-13/h12-15H,5-11H2,1-4H3. The number of hydrogen-bond donors (Lipinski definition) is 1. The van der Waals surface area contributed by atoms with Crippen LogP contribution in [0.3, 0.4) is 0 Å². The van der Waals surface area contributed by atoms with Gasteiger partial charge in [-0.15, -0.1) is 0 Å². The molecule has 0 aliphatic heterocycles. The molecule has 1 aliphatic carbocycles. The minimum Gasteiger partial charge on any atom is -0.312 e. The first-order chi connectivity index (χ1) is 7.69. The molecule has 0 aromatic heterocycles. The van der Waals surface area contributed by atoms with Crippen molar-refractivity contribution in [3.05, 3.63) is 0 Å². The van der Waals surface area contributed by atoms with Gasteiger partial charge in [0.05, 0.1) is 0 Å². The zero-order chi connectivity index (χ0) is 12.0. The lowest BCUT2D eigenvalue weighted by molar-refractivity contribution is 0.162. The Morgan fingerprint density at radius 2 is 1.81 bits per heavy atom. The maximum atomic E-state index is 3.68. The van der Waals surface area contributed by atoms with Gasteiger partial charge in [0.25, 0.3) is 0 Å². The van der Waals surface area contributed by atoms with Gasteiger partial charge in [-0.05, 0) is 39.7 Å². The summed E-state index contributed by atoms with van der Waals surface area (Å²) >= 11 is 0. The molecule has 16 heavy (non-hydrogen) atoms. The van der Waals surface area contributed by atoms with E-state index in [2.05, 4.69) is 38.0 Å². The summed E-state index contributed by atoms with van der Waals surface area (Å²) in [5, 5.41) is 3.68. The molecule has 0 radical (unpaired) electrons. The van der Waals surface area contributed by atoms with Crippen LogP contribution < -0.4 is 5.32 Å². The molecular weight excluding hydrogens is 196 g/mol. The van der Waals surface area contributed by atoms with E-state index in [1.54, 1.807) is 0 Å². The molecule has 1 aliphatic rings. The highest BCUT2D eigenvalue weighted by Crippen LogP contribution is 2.19. The van der Waals surface area contributed by atoms with Crippen molar-refractivity contribution < 1.29 is 0 Å². The van der Waals surface area contributed by atoms with Crippen LogP contribution in [-0.2, 0) is 0 Å². The van der Waals surface area contributed by atoms with E-state index in [9.17, 15) is 0 Å². The summed E-state index contributed by atoms with van der Waals surface area (Å²) < 4.78 is 0. The lowest BCUT2D eigenvalue weighted by Gasteiger charge is -2.33. The van der Waals surface area contributed by atoms with Crippen molar-refractivity contribution >= 4 is 0 Å². The van der Waals surface area contributed by atoms with Crippen LogP contribution in [-0.4, -0.2) is 36.6 Å². The van der Waals surface area contributed by atoms with E-state index < -0.39 is 0 Å². The van der Waals surface area contributed by atoms with Crippen LogP contribution in [0, 0.1) is 0 Å². The van der Waals surface area contributed by atoms with Gasteiger partial charge in [0.15, 0.2) is 0 Å². The predicted octanol–water partition coefficient (Wildman–Crippen LogP) is 3.03. The van der Waals surface area contributed by atoms with Crippen LogP contribution in [0.2, 0.25) is 0 Å². The molecule has 0 heterocycles. The van der Waals surface area contributed by atoms with Crippen LogP contribution in [0.4, 0.5) is 0 Å². The Labute approximate surface area is 102 Å². The van der Waals surface area contributed by atoms with E-state index in [-0.39, 0.29) is 0 Å². The second kappa shape index (κ2) is 7.29. The quantitative estimate of drug-likeness (QED) is 0.650. The van der Waals surface area contributed by atoms with Gasteiger partial charge < -0.3 is 5.32 Å². The van der Waals surface area contributed by atoms with E-state index in [4.69, 9.17) is 0 Å². The predicted molar refractivity (Wildman–Crippen MR) is 71.9 cm³/mol. The molecule has 0 aromatic carbocycles. The molecule has 0 saturated heterocycles. The summed E-state index contributed by atoms with van der Waals surface area (Å²) in [6.45, 7) is 8.12. The van der Waals surface area contributed by atoms with Crippen LogP contribution >= 0.6 is 0 Å². The first kappa shape index (κ1) is 14.0. The van der Waals surface area contributed by atoms with Crippen LogP contribution in [0.1, 0.15) is 59.3 Å². The number of nitrogens with one attached hydrogen (secondary N) is 1. The Kier molecular flexibility index (Phi) is 6.37. The van der Waals surface area contributed by atoms with Crippen LogP contribution in [0.15, 0.2) is 0 Å². The molecule has 1 fully saturated rings. The third-order valence-electron chi connectivity index (χ3n) is 3.82. The summed E-state index contributed by atoms with van der Waals surface area (Å²) in [5.41, 5.74) is 0. The number of rotatable bonds is 9. The zero-order valence-corrected chi connectivity index (χ0v) is 11.6. The molecule has 0 aromatic rings. The summed E-state index contributed by atoms with van der Waals surface area (Å²) in [4.78, 5) is 2.59. The summed E-state index contributed by atoms with van der Waals surface area (Å²) in [5.74, 6) is 0. The van der Waals surface area contributed by atoms with Crippen molar-refractivity contribution in [1.29, 1.82) is 0 Å². The fraction of sp³-hybridized carbons (Fsp3) is 1.00. The molecule has 2 heteroatoms. The molecular formula is C14H30N2. The topological polar surface area (TPSA) is 15.3 Å². The highest BCUT2D eigenvalue weighted by Gasteiger charge is 2.24. The van der Waals surface area contributed by atoms with Gasteiger partial charge in [0.2, 0.25) is 0 Å². The van der Waals surface area contributed by atoms with Gasteiger partial charge in [0.1, 0.15) is 0 Å². The minimum absolute atomic E-state index is 0.725. The van der Waals surface area contributed by atoms with Gasteiger partial charge in [-0.3, -0.25) is 4.90 Å². The van der Waals surface area contributed by atoms with Gasteiger partial charge in [-0.25, -0.2) is 0 Å². The smallest absolute Gasteiger partial charge is 0.0220 e. The summed E-state index contributed by atoms with van der Waals surface area (Å²) in [6.07, 6.45) is 8.02.